The Hall–Kier alpha value is -3.71. The van der Waals surface area contributed by atoms with Crippen molar-refractivity contribution in [2.45, 2.75) is 89.0 Å². The third kappa shape index (κ3) is 4.66. The molecule has 1 saturated carbocycles. The molecule has 1 aromatic heterocycles. The van der Waals surface area contributed by atoms with Crippen LogP contribution in [0.2, 0.25) is 0 Å². The van der Waals surface area contributed by atoms with Gasteiger partial charge in [-0.05, 0) is 49.8 Å². The molecule has 1 aromatic carbocycles. The van der Waals surface area contributed by atoms with Gasteiger partial charge in [-0.15, -0.1) is 0 Å². The van der Waals surface area contributed by atoms with Crippen LogP contribution in [0, 0.1) is 25.2 Å². The number of sulfonamides is 1. The summed E-state index contributed by atoms with van der Waals surface area (Å²) in [5.41, 5.74) is 2.45. The molecule has 1 spiro atoms. The Morgan fingerprint density at radius 3 is 2.52 bits per heavy atom. The van der Waals surface area contributed by atoms with E-state index in [1.165, 1.54) is 0 Å². The van der Waals surface area contributed by atoms with Gasteiger partial charge in [0.25, 0.3) is 15.9 Å². The lowest BCUT2D eigenvalue weighted by Gasteiger charge is -2.30. The number of rotatable bonds is 9. The number of nitrogens with one attached hydrogen (secondary N) is 1. The van der Waals surface area contributed by atoms with Crippen LogP contribution in [0.3, 0.4) is 0 Å². The Morgan fingerprint density at radius 2 is 1.90 bits per heavy atom. The van der Waals surface area contributed by atoms with Crippen LogP contribution in [0.5, 0.6) is 0 Å². The first-order chi connectivity index (χ1) is 19.2. The third-order valence-corrected chi connectivity index (χ3v) is 10.2. The fourth-order valence-electron chi connectivity index (χ4n) is 5.78. The number of unbranched alkanes of at least 4 members (excludes halogenated alkanes) is 1. The number of nitriles is 1. The van der Waals surface area contributed by atoms with Gasteiger partial charge in [-0.3, -0.25) is 14.7 Å². The van der Waals surface area contributed by atoms with Crippen LogP contribution in [-0.2, 0) is 21.4 Å². The number of hydrogen-bond acceptors (Lipinski definition) is 7. The molecular formula is C30H35N5O4S. The predicted molar refractivity (Wildman–Crippen MR) is 154 cm³/mol. The van der Waals surface area contributed by atoms with Crippen molar-refractivity contribution in [2.24, 2.45) is 4.99 Å². The van der Waals surface area contributed by atoms with E-state index in [-0.39, 0.29) is 18.2 Å². The Morgan fingerprint density at radius 1 is 1.18 bits per heavy atom. The number of hydrogen-bond donors (Lipinski definition) is 1. The van der Waals surface area contributed by atoms with Gasteiger partial charge in [0.1, 0.15) is 11.4 Å². The van der Waals surface area contributed by atoms with Gasteiger partial charge < -0.3 is 4.52 Å². The molecule has 1 fully saturated rings. The average Bonchev–Trinajstić information content (AvgIpc) is 3.63. The lowest BCUT2D eigenvalue weighted by atomic mass is 9.86. The molecule has 10 heteroatoms. The molecule has 5 rings (SSSR count). The second-order valence-electron chi connectivity index (χ2n) is 10.9. The minimum atomic E-state index is -4.25. The van der Waals surface area contributed by atoms with E-state index in [9.17, 15) is 18.5 Å². The quantitative estimate of drug-likeness (QED) is 0.425. The van der Waals surface area contributed by atoms with E-state index in [4.69, 9.17) is 9.52 Å². The summed E-state index contributed by atoms with van der Waals surface area (Å²) in [4.78, 5) is 20.3. The zero-order valence-electron chi connectivity index (χ0n) is 23.2. The number of benzene rings is 1. The smallest absolute Gasteiger partial charge is 0.259 e. The summed E-state index contributed by atoms with van der Waals surface area (Å²) in [6.45, 7) is 5.97. The predicted octanol–water partition coefficient (Wildman–Crippen LogP) is 5.58. The number of aliphatic imine (C=N–C) groups is 1. The molecule has 9 nitrogen and oxygen atoms in total. The molecule has 0 bridgehead atoms. The summed E-state index contributed by atoms with van der Waals surface area (Å²) in [6, 6.07) is 9.51. The van der Waals surface area contributed by atoms with Crippen molar-refractivity contribution in [2.75, 3.05) is 4.72 Å². The van der Waals surface area contributed by atoms with E-state index in [1.54, 1.807) is 32.1 Å². The zero-order chi connectivity index (χ0) is 28.5. The molecule has 1 N–H and O–H groups in total. The number of carbonyl (C=O) groups is 1. The molecule has 2 aliphatic carbocycles. The Labute approximate surface area is 235 Å². The second kappa shape index (κ2) is 10.7. The summed E-state index contributed by atoms with van der Waals surface area (Å²) < 4.78 is 33.1. The lowest BCUT2D eigenvalue weighted by molar-refractivity contribution is -0.131. The molecule has 1 atom stereocenters. The highest BCUT2D eigenvalue weighted by atomic mass is 32.2. The highest BCUT2D eigenvalue weighted by Gasteiger charge is 2.50. The Bertz CT molecular complexity index is 1540. The minimum absolute atomic E-state index is 0.00670. The highest BCUT2D eigenvalue weighted by molar-refractivity contribution is 7.94. The number of allylic oxidation sites excluding steroid dienone is 3. The number of amidine groups is 1. The number of aryl methyl sites for hydroxylation is 1. The molecule has 0 saturated heterocycles. The summed E-state index contributed by atoms with van der Waals surface area (Å²) >= 11 is 0. The number of nitrogens with zero attached hydrogens (tertiary/aromatic N) is 4. The molecule has 1 aliphatic heterocycles. The first-order valence-corrected chi connectivity index (χ1v) is 15.4. The number of anilines is 1. The topological polar surface area (TPSA) is 129 Å². The van der Waals surface area contributed by atoms with Gasteiger partial charge in [-0.1, -0.05) is 73.8 Å². The van der Waals surface area contributed by atoms with Crippen LogP contribution in [-0.4, -0.2) is 40.5 Å². The van der Waals surface area contributed by atoms with Crippen molar-refractivity contribution < 1.29 is 17.7 Å². The molecule has 2 heterocycles. The van der Waals surface area contributed by atoms with E-state index in [0.717, 1.165) is 56.3 Å². The Kier molecular flexibility index (Phi) is 7.44. The first kappa shape index (κ1) is 27.8. The van der Waals surface area contributed by atoms with E-state index in [0.29, 0.717) is 28.9 Å². The highest BCUT2D eigenvalue weighted by Crippen LogP contribution is 2.42. The van der Waals surface area contributed by atoms with Crippen molar-refractivity contribution >= 4 is 33.2 Å². The fourth-order valence-corrected chi connectivity index (χ4v) is 7.30. The largest absolute Gasteiger partial charge is 0.337 e. The minimum Gasteiger partial charge on any atom is -0.337 e. The molecule has 2 aromatic rings. The molecule has 40 heavy (non-hydrogen) atoms. The van der Waals surface area contributed by atoms with Crippen molar-refractivity contribution in [3.05, 3.63) is 64.9 Å². The van der Waals surface area contributed by atoms with Crippen LogP contribution >= 0.6 is 0 Å². The van der Waals surface area contributed by atoms with Crippen molar-refractivity contribution in [1.29, 1.82) is 5.26 Å². The van der Waals surface area contributed by atoms with Gasteiger partial charge in [0.05, 0.1) is 18.3 Å². The molecule has 210 valence electrons. The van der Waals surface area contributed by atoms with Crippen LogP contribution < -0.4 is 4.72 Å². The SMILES string of the molecule is CCCCC1=NC2(CCCC2)C(=O)N1Cc1ccc(C2=CC=CCC2(C#N)S(=O)(=O)Nc2onc(C)c2C)cc1. The number of amides is 1. The second-order valence-corrected chi connectivity index (χ2v) is 12.8. The fraction of sp³-hybridized carbons (Fsp3) is 0.467. The maximum atomic E-state index is 13.7. The van der Waals surface area contributed by atoms with Crippen LogP contribution in [0.1, 0.15) is 80.7 Å². The van der Waals surface area contributed by atoms with Crippen LogP contribution in [0.25, 0.3) is 5.57 Å². The molecular weight excluding hydrogens is 526 g/mol. The van der Waals surface area contributed by atoms with Crippen LogP contribution in [0.15, 0.2) is 52.0 Å². The van der Waals surface area contributed by atoms with Gasteiger partial charge in [-0.2, -0.15) is 5.26 Å². The standard InChI is InChI=1S/C30H35N5O4S/c1-4-5-11-26-32-29(16-8-9-17-29)28(36)35(26)19-23-12-14-24(15-13-23)25-10-6-7-18-30(25,20-31)40(37,38)34-27-21(2)22(3)33-39-27/h6-7,10,12-15,34H,4-5,8-9,11,16-19H2,1-3H3. The Balaban J connectivity index is 1.41. The summed E-state index contributed by atoms with van der Waals surface area (Å²) in [7, 11) is -4.25. The van der Waals surface area contributed by atoms with Gasteiger partial charge >= 0.3 is 0 Å². The third-order valence-electron chi connectivity index (χ3n) is 8.35. The maximum absolute atomic E-state index is 13.7. The molecule has 0 radical (unpaired) electrons. The van der Waals surface area contributed by atoms with E-state index in [1.807, 2.05) is 29.2 Å². The van der Waals surface area contributed by atoms with Gasteiger partial charge in [0.15, 0.2) is 0 Å². The zero-order valence-corrected chi connectivity index (χ0v) is 24.1. The van der Waals surface area contributed by atoms with Crippen molar-refractivity contribution in [3.8, 4) is 6.07 Å². The van der Waals surface area contributed by atoms with E-state index in [2.05, 4.69) is 22.9 Å². The lowest BCUT2D eigenvalue weighted by Crippen LogP contribution is -2.43. The average molecular weight is 562 g/mol. The summed E-state index contributed by atoms with van der Waals surface area (Å²) in [5, 5.41) is 14.1. The summed E-state index contributed by atoms with van der Waals surface area (Å²) in [6.07, 6.45) is 11.5. The monoisotopic (exact) mass is 561 g/mol. The molecule has 3 aliphatic rings. The molecule has 1 unspecified atom stereocenters. The van der Waals surface area contributed by atoms with Gasteiger partial charge in [-0.25, -0.2) is 13.1 Å². The summed E-state index contributed by atoms with van der Waals surface area (Å²) in [5.74, 6) is 0.975. The van der Waals surface area contributed by atoms with E-state index < -0.39 is 20.3 Å². The van der Waals surface area contributed by atoms with Crippen molar-refractivity contribution in [3.63, 3.8) is 0 Å². The van der Waals surface area contributed by atoms with Crippen molar-refractivity contribution in [1.82, 2.24) is 10.1 Å². The van der Waals surface area contributed by atoms with Crippen LogP contribution in [0.4, 0.5) is 5.88 Å². The van der Waals surface area contributed by atoms with E-state index >= 15 is 0 Å². The number of carbonyl (C=O) groups excluding carboxylic acids is 1. The number of aromatic nitrogens is 1. The maximum Gasteiger partial charge on any atom is 0.259 e. The normalized spacial score (nSPS) is 21.9. The first-order valence-electron chi connectivity index (χ1n) is 13.9. The van der Waals surface area contributed by atoms with Gasteiger partial charge in [0.2, 0.25) is 10.6 Å². The van der Waals surface area contributed by atoms with Gasteiger partial charge in [0, 0.05) is 18.4 Å². The molecule has 1 amide bonds.